The van der Waals surface area contributed by atoms with Gasteiger partial charge in [-0.1, -0.05) is 29.8 Å². The second-order valence-corrected chi connectivity index (χ2v) is 5.89. The van der Waals surface area contributed by atoms with Crippen LogP contribution >= 0.6 is 11.6 Å². The number of hydrogen-bond donors (Lipinski definition) is 2. The fourth-order valence-corrected chi connectivity index (χ4v) is 2.41. The lowest BCUT2D eigenvalue weighted by Crippen LogP contribution is -2.14. The lowest BCUT2D eigenvalue weighted by molar-refractivity contribution is 0.102. The van der Waals surface area contributed by atoms with Gasteiger partial charge in [0.2, 0.25) is 0 Å². The van der Waals surface area contributed by atoms with E-state index in [1.165, 1.54) is 12.3 Å². The topological polar surface area (TPSA) is 54.0 Å². The summed E-state index contributed by atoms with van der Waals surface area (Å²) in [5.74, 6) is -0.705. The van der Waals surface area contributed by atoms with Gasteiger partial charge in [-0.2, -0.15) is 0 Å². The zero-order valence-electron chi connectivity index (χ0n) is 13.4. The third-order valence-electron chi connectivity index (χ3n) is 3.60. The summed E-state index contributed by atoms with van der Waals surface area (Å²) in [6.45, 7) is 1.88. The van der Waals surface area contributed by atoms with Gasteiger partial charge in [0.25, 0.3) is 5.91 Å². The molecule has 6 heteroatoms. The highest BCUT2D eigenvalue weighted by molar-refractivity contribution is 6.31. The van der Waals surface area contributed by atoms with Crippen molar-refractivity contribution in [2.45, 2.75) is 6.92 Å². The first kappa shape index (κ1) is 16.9. The van der Waals surface area contributed by atoms with Crippen LogP contribution < -0.4 is 10.6 Å². The molecular weight excluding hydrogens is 341 g/mol. The van der Waals surface area contributed by atoms with E-state index in [-0.39, 0.29) is 17.4 Å². The van der Waals surface area contributed by atoms with Crippen LogP contribution in [0.3, 0.4) is 0 Å². The standard InChI is InChI=1S/C19H15ClFN3O/c1-12-6-7-13(20)10-18(12)24-19(25)17-9-8-14(11-22-17)23-16-5-3-2-4-15(16)21/h2-11,23H,1H3,(H,24,25). The fraction of sp³-hybridized carbons (Fsp3) is 0.0526. The molecule has 4 nitrogen and oxygen atoms in total. The Hall–Kier alpha value is -2.92. The van der Waals surface area contributed by atoms with Gasteiger partial charge in [-0.3, -0.25) is 4.79 Å². The Morgan fingerprint density at radius 2 is 1.88 bits per heavy atom. The molecule has 0 aliphatic carbocycles. The quantitative estimate of drug-likeness (QED) is 0.678. The summed E-state index contributed by atoms with van der Waals surface area (Å²) in [4.78, 5) is 16.4. The number of nitrogens with zero attached hydrogens (tertiary/aromatic N) is 1. The van der Waals surface area contributed by atoms with E-state index >= 15 is 0 Å². The Balaban J connectivity index is 1.72. The van der Waals surface area contributed by atoms with Crippen molar-refractivity contribution in [2.75, 3.05) is 10.6 Å². The number of halogens is 2. The number of carbonyl (C=O) groups excluding carboxylic acids is 1. The molecule has 0 aliphatic rings. The number of amides is 1. The number of para-hydroxylation sites is 1. The van der Waals surface area contributed by atoms with Crippen LogP contribution in [0.15, 0.2) is 60.8 Å². The van der Waals surface area contributed by atoms with E-state index in [1.54, 1.807) is 42.5 Å². The summed E-state index contributed by atoms with van der Waals surface area (Å²) in [5.41, 5.74) is 2.71. The van der Waals surface area contributed by atoms with Crippen LogP contribution in [-0.4, -0.2) is 10.9 Å². The van der Waals surface area contributed by atoms with Crippen molar-refractivity contribution < 1.29 is 9.18 Å². The van der Waals surface area contributed by atoms with Crippen molar-refractivity contribution in [1.29, 1.82) is 0 Å². The molecule has 0 fully saturated rings. The summed E-state index contributed by atoms with van der Waals surface area (Å²) in [6, 6.07) is 14.8. The summed E-state index contributed by atoms with van der Waals surface area (Å²) in [6.07, 6.45) is 1.48. The minimum atomic E-state index is -0.360. The first-order chi connectivity index (χ1) is 12.0. The largest absolute Gasteiger partial charge is 0.352 e. The number of pyridine rings is 1. The highest BCUT2D eigenvalue weighted by atomic mass is 35.5. The summed E-state index contributed by atoms with van der Waals surface area (Å²) >= 11 is 5.95. The Bertz CT molecular complexity index is 913. The van der Waals surface area contributed by atoms with Crippen LogP contribution in [-0.2, 0) is 0 Å². The number of carbonyl (C=O) groups is 1. The summed E-state index contributed by atoms with van der Waals surface area (Å²) in [7, 11) is 0. The second-order valence-electron chi connectivity index (χ2n) is 5.45. The maximum Gasteiger partial charge on any atom is 0.274 e. The van der Waals surface area contributed by atoms with Gasteiger partial charge in [-0.25, -0.2) is 9.37 Å². The molecule has 0 atom stereocenters. The van der Waals surface area contributed by atoms with Crippen molar-refractivity contribution in [3.8, 4) is 0 Å². The van der Waals surface area contributed by atoms with Gasteiger partial charge in [-0.15, -0.1) is 0 Å². The number of aryl methyl sites for hydroxylation is 1. The number of anilines is 3. The first-order valence-corrected chi connectivity index (χ1v) is 7.96. The van der Waals surface area contributed by atoms with E-state index in [4.69, 9.17) is 11.6 Å². The molecule has 1 heterocycles. The molecule has 126 valence electrons. The van der Waals surface area contributed by atoms with Gasteiger partial charge >= 0.3 is 0 Å². The van der Waals surface area contributed by atoms with Gasteiger partial charge in [-0.05, 0) is 48.9 Å². The van der Waals surface area contributed by atoms with Gasteiger partial charge in [0.05, 0.1) is 17.6 Å². The monoisotopic (exact) mass is 355 g/mol. The normalized spacial score (nSPS) is 10.4. The average Bonchev–Trinajstić information content (AvgIpc) is 2.61. The van der Waals surface area contributed by atoms with E-state index in [9.17, 15) is 9.18 Å². The minimum Gasteiger partial charge on any atom is -0.352 e. The molecule has 2 N–H and O–H groups in total. The molecule has 0 bridgehead atoms. The van der Waals surface area contributed by atoms with E-state index in [1.807, 2.05) is 13.0 Å². The lowest BCUT2D eigenvalue weighted by atomic mass is 10.2. The van der Waals surface area contributed by atoms with E-state index in [2.05, 4.69) is 15.6 Å². The molecule has 1 aromatic heterocycles. The zero-order valence-corrected chi connectivity index (χ0v) is 14.1. The summed E-state index contributed by atoms with van der Waals surface area (Å²) in [5, 5.41) is 6.24. The molecule has 0 saturated heterocycles. The zero-order chi connectivity index (χ0) is 17.8. The fourth-order valence-electron chi connectivity index (χ4n) is 2.24. The number of nitrogens with one attached hydrogen (secondary N) is 2. The van der Waals surface area contributed by atoms with Crippen molar-refractivity contribution >= 4 is 34.6 Å². The van der Waals surface area contributed by atoms with Gasteiger partial charge in [0, 0.05) is 10.7 Å². The molecule has 0 radical (unpaired) electrons. The van der Waals surface area contributed by atoms with Crippen LogP contribution in [0.25, 0.3) is 0 Å². The van der Waals surface area contributed by atoms with E-state index < -0.39 is 0 Å². The Kier molecular flexibility index (Phi) is 4.95. The molecule has 3 rings (SSSR count). The molecule has 0 saturated carbocycles. The van der Waals surface area contributed by atoms with Crippen molar-refractivity contribution in [1.82, 2.24) is 4.98 Å². The highest BCUT2D eigenvalue weighted by Gasteiger charge is 2.10. The van der Waals surface area contributed by atoms with Crippen LogP contribution in [0, 0.1) is 12.7 Å². The first-order valence-electron chi connectivity index (χ1n) is 7.58. The second kappa shape index (κ2) is 7.32. The van der Waals surface area contributed by atoms with Crippen LogP contribution in [0.5, 0.6) is 0 Å². The molecule has 0 aliphatic heterocycles. The molecule has 1 amide bonds. The maximum absolute atomic E-state index is 13.6. The Morgan fingerprint density at radius 1 is 1.08 bits per heavy atom. The molecule has 2 aromatic carbocycles. The van der Waals surface area contributed by atoms with Crippen molar-refractivity contribution in [2.24, 2.45) is 0 Å². The van der Waals surface area contributed by atoms with E-state index in [0.717, 1.165) is 5.56 Å². The van der Waals surface area contributed by atoms with Crippen LogP contribution in [0.2, 0.25) is 5.02 Å². The smallest absolute Gasteiger partial charge is 0.274 e. The van der Waals surface area contributed by atoms with Gasteiger partial charge in [0.1, 0.15) is 11.5 Å². The predicted molar refractivity (Wildman–Crippen MR) is 98.1 cm³/mol. The van der Waals surface area contributed by atoms with Crippen molar-refractivity contribution in [3.05, 3.63) is 82.9 Å². The Morgan fingerprint density at radius 3 is 2.60 bits per heavy atom. The predicted octanol–water partition coefficient (Wildman–Crippen LogP) is 5.18. The average molecular weight is 356 g/mol. The van der Waals surface area contributed by atoms with E-state index in [0.29, 0.717) is 22.1 Å². The molecule has 3 aromatic rings. The van der Waals surface area contributed by atoms with Gasteiger partial charge < -0.3 is 10.6 Å². The van der Waals surface area contributed by atoms with Crippen LogP contribution in [0.4, 0.5) is 21.5 Å². The lowest BCUT2D eigenvalue weighted by Gasteiger charge is -2.10. The molecule has 0 unspecified atom stereocenters. The SMILES string of the molecule is Cc1ccc(Cl)cc1NC(=O)c1ccc(Nc2ccccc2F)cn1. The van der Waals surface area contributed by atoms with Crippen molar-refractivity contribution in [3.63, 3.8) is 0 Å². The minimum absolute atomic E-state index is 0.249. The maximum atomic E-state index is 13.6. The molecule has 25 heavy (non-hydrogen) atoms. The summed E-state index contributed by atoms with van der Waals surface area (Å²) < 4.78 is 13.6. The number of aromatic nitrogens is 1. The number of benzene rings is 2. The highest BCUT2D eigenvalue weighted by Crippen LogP contribution is 2.22. The Labute approximate surface area is 149 Å². The van der Waals surface area contributed by atoms with Gasteiger partial charge in [0.15, 0.2) is 0 Å². The number of rotatable bonds is 4. The number of hydrogen-bond acceptors (Lipinski definition) is 3. The molecule has 0 spiro atoms. The third-order valence-corrected chi connectivity index (χ3v) is 3.83. The third kappa shape index (κ3) is 4.14. The molecular formula is C19H15ClFN3O. The van der Waals surface area contributed by atoms with Crippen LogP contribution in [0.1, 0.15) is 16.1 Å².